The number of para-hydroxylation sites is 1. The van der Waals surface area contributed by atoms with E-state index < -0.39 is 6.04 Å². The molecule has 32 heavy (non-hydrogen) atoms. The summed E-state index contributed by atoms with van der Waals surface area (Å²) in [5.74, 6) is 0.384. The van der Waals surface area contributed by atoms with Gasteiger partial charge in [-0.2, -0.15) is 0 Å². The highest BCUT2D eigenvalue weighted by atomic mass is 16.5. The van der Waals surface area contributed by atoms with E-state index in [1.54, 1.807) is 4.90 Å². The van der Waals surface area contributed by atoms with Crippen molar-refractivity contribution in [2.45, 2.75) is 72.4 Å². The van der Waals surface area contributed by atoms with E-state index >= 15 is 0 Å². The minimum atomic E-state index is -0.546. The molecule has 0 bridgehead atoms. The molecule has 0 aliphatic heterocycles. The van der Waals surface area contributed by atoms with Crippen molar-refractivity contribution in [2.75, 3.05) is 13.2 Å². The van der Waals surface area contributed by atoms with Crippen LogP contribution in [-0.4, -0.2) is 35.9 Å². The van der Waals surface area contributed by atoms with Gasteiger partial charge in [-0.05, 0) is 47.9 Å². The van der Waals surface area contributed by atoms with Crippen LogP contribution in [0.4, 0.5) is 0 Å². The Morgan fingerprint density at radius 3 is 2.31 bits per heavy atom. The van der Waals surface area contributed by atoms with Crippen LogP contribution in [0, 0.1) is 6.92 Å². The van der Waals surface area contributed by atoms with Gasteiger partial charge in [0.05, 0.1) is 0 Å². The van der Waals surface area contributed by atoms with Crippen molar-refractivity contribution in [3.63, 3.8) is 0 Å². The lowest BCUT2D eigenvalue weighted by molar-refractivity contribution is -0.143. The van der Waals surface area contributed by atoms with E-state index in [9.17, 15) is 9.59 Å². The molecule has 0 aliphatic rings. The molecule has 0 fully saturated rings. The molecular formula is C27H38N2O3. The highest BCUT2D eigenvalue weighted by molar-refractivity contribution is 5.88. The van der Waals surface area contributed by atoms with Crippen LogP contribution in [0.15, 0.2) is 48.5 Å². The molecule has 0 radical (unpaired) electrons. The Kier molecular flexibility index (Phi) is 9.30. The molecule has 0 aromatic heterocycles. The van der Waals surface area contributed by atoms with Gasteiger partial charge in [-0.25, -0.2) is 0 Å². The first-order valence-corrected chi connectivity index (χ1v) is 11.5. The molecule has 1 N–H and O–H groups in total. The van der Waals surface area contributed by atoms with E-state index in [0.717, 1.165) is 23.1 Å². The Morgan fingerprint density at radius 1 is 1.03 bits per heavy atom. The summed E-state index contributed by atoms with van der Waals surface area (Å²) in [6.45, 7) is 13.2. The van der Waals surface area contributed by atoms with Crippen LogP contribution in [0.1, 0.15) is 64.2 Å². The molecule has 0 saturated carbocycles. The maximum absolute atomic E-state index is 13.4. The second kappa shape index (κ2) is 11.7. The maximum Gasteiger partial charge on any atom is 0.261 e. The van der Waals surface area contributed by atoms with E-state index in [4.69, 9.17) is 4.74 Å². The van der Waals surface area contributed by atoms with Gasteiger partial charge in [0.2, 0.25) is 5.91 Å². The van der Waals surface area contributed by atoms with Gasteiger partial charge in [0.15, 0.2) is 6.61 Å². The van der Waals surface area contributed by atoms with Crippen LogP contribution in [0.2, 0.25) is 0 Å². The quantitative estimate of drug-likeness (QED) is 0.568. The smallest absolute Gasteiger partial charge is 0.261 e. The normalized spacial score (nSPS) is 12.2. The van der Waals surface area contributed by atoms with Gasteiger partial charge in [0, 0.05) is 13.1 Å². The maximum atomic E-state index is 13.4. The molecule has 0 heterocycles. The second-order valence-corrected chi connectivity index (χ2v) is 9.20. The molecule has 1 unspecified atom stereocenters. The Labute approximate surface area is 193 Å². The molecule has 2 amide bonds. The summed E-state index contributed by atoms with van der Waals surface area (Å²) in [4.78, 5) is 27.9. The fourth-order valence-electron chi connectivity index (χ4n) is 3.69. The number of carbonyl (C=O) groups is 2. The van der Waals surface area contributed by atoms with E-state index in [1.807, 2.05) is 69.3 Å². The van der Waals surface area contributed by atoms with Gasteiger partial charge in [-0.15, -0.1) is 0 Å². The molecule has 0 aliphatic carbocycles. The predicted octanol–water partition coefficient (Wildman–Crippen LogP) is 5.00. The van der Waals surface area contributed by atoms with Crippen molar-refractivity contribution >= 4 is 11.8 Å². The van der Waals surface area contributed by atoms with Crippen LogP contribution < -0.4 is 10.1 Å². The number of hydrogen-bond acceptors (Lipinski definition) is 3. The molecule has 5 heteroatoms. The first-order chi connectivity index (χ1) is 15.2. The number of ether oxygens (including phenoxy) is 1. The highest BCUT2D eigenvalue weighted by Crippen LogP contribution is 2.31. The average molecular weight is 439 g/mol. The van der Waals surface area contributed by atoms with E-state index in [1.165, 1.54) is 0 Å². The molecule has 0 spiro atoms. The Hall–Kier alpha value is -2.82. The summed E-state index contributed by atoms with van der Waals surface area (Å²) < 4.78 is 6.01. The number of hydrogen-bond donors (Lipinski definition) is 1. The summed E-state index contributed by atoms with van der Waals surface area (Å²) in [6, 6.07) is 15.2. The molecule has 0 saturated heterocycles. The largest absolute Gasteiger partial charge is 0.483 e. The van der Waals surface area contributed by atoms with Gasteiger partial charge >= 0.3 is 0 Å². The zero-order chi connectivity index (χ0) is 23.7. The third-order valence-corrected chi connectivity index (χ3v) is 5.58. The number of carbonyl (C=O) groups excluding carboxylic acids is 2. The number of rotatable bonds is 10. The van der Waals surface area contributed by atoms with E-state index in [-0.39, 0.29) is 23.8 Å². The predicted molar refractivity (Wildman–Crippen MR) is 130 cm³/mol. The monoisotopic (exact) mass is 438 g/mol. The summed E-state index contributed by atoms with van der Waals surface area (Å²) >= 11 is 0. The van der Waals surface area contributed by atoms with Crippen molar-refractivity contribution in [3.05, 3.63) is 65.2 Å². The Bertz CT molecular complexity index is 902. The van der Waals surface area contributed by atoms with Gasteiger partial charge in [-0.1, -0.05) is 77.1 Å². The summed E-state index contributed by atoms with van der Waals surface area (Å²) in [5.41, 5.74) is 3.06. The number of aryl methyl sites for hydroxylation is 1. The van der Waals surface area contributed by atoms with Crippen molar-refractivity contribution in [3.8, 4) is 5.75 Å². The first kappa shape index (κ1) is 25.4. The van der Waals surface area contributed by atoms with Gasteiger partial charge < -0.3 is 15.0 Å². The third-order valence-electron chi connectivity index (χ3n) is 5.58. The fourth-order valence-corrected chi connectivity index (χ4v) is 3.69. The van der Waals surface area contributed by atoms with Crippen LogP contribution in [0.25, 0.3) is 0 Å². The third kappa shape index (κ3) is 6.84. The van der Waals surface area contributed by atoms with Crippen LogP contribution in [-0.2, 0) is 21.5 Å². The molecular weight excluding hydrogens is 400 g/mol. The first-order valence-electron chi connectivity index (χ1n) is 11.5. The SMILES string of the molecule is CCCNC(=O)C(CC)N(Cc1ccccc1C)C(=O)COc1ccccc1C(C)(C)C. The molecule has 2 rings (SSSR count). The van der Waals surface area contributed by atoms with Gasteiger partial charge in [-0.3, -0.25) is 9.59 Å². The highest BCUT2D eigenvalue weighted by Gasteiger charge is 2.29. The second-order valence-electron chi connectivity index (χ2n) is 9.20. The van der Waals surface area contributed by atoms with Crippen LogP contribution in [0.3, 0.4) is 0 Å². The van der Waals surface area contributed by atoms with Crippen molar-refractivity contribution in [2.24, 2.45) is 0 Å². The zero-order valence-electron chi connectivity index (χ0n) is 20.4. The average Bonchev–Trinajstić information content (AvgIpc) is 2.76. The van der Waals surface area contributed by atoms with Crippen molar-refractivity contribution in [1.29, 1.82) is 0 Å². The number of nitrogens with zero attached hydrogens (tertiary/aromatic N) is 1. The van der Waals surface area contributed by atoms with E-state index in [0.29, 0.717) is 25.3 Å². The molecule has 2 aromatic carbocycles. The standard InChI is InChI=1S/C27H38N2O3/c1-7-17-28-26(31)23(8-2)29(18-21-14-10-9-13-20(21)3)25(30)19-32-24-16-12-11-15-22(24)27(4,5)6/h9-16,23H,7-8,17-19H2,1-6H3,(H,28,31). The number of benzene rings is 2. The fraction of sp³-hybridized carbons (Fsp3) is 0.481. The minimum absolute atomic E-state index is 0.105. The van der Waals surface area contributed by atoms with Crippen molar-refractivity contribution < 1.29 is 14.3 Å². The molecule has 5 nitrogen and oxygen atoms in total. The molecule has 2 aromatic rings. The molecule has 174 valence electrons. The number of nitrogens with one attached hydrogen (secondary N) is 1. The lowest BCUT2D eigenvalue weighted by atomic mass is 9.86. The Morgan fingerprint density at radius 2 is 1.69 bits per heavy atom. The lowest BCUT2D eigenvalue weighted by Crippen LogP contribution is -2.50. The van der Waals surface area contributed by atoms with E-state index in [2.05, 4.69) is 26.1 Å². The number of amides is 2. The zero-order valence-corrected chi connectivity index (χ0v) is 20.4. The molecule has 1 atom stereocenters. The Balaban J connectivity index is 2.27. The minimum Gasteiger partial charge on any atom is -0.483 e. The van der Waals surface area contributed by atoms with Crippen LogP contribution in [0.5, 0.6) is 5.75 Å². The van der Waals surface area contributed by atoms with Gasteiger partial charge in [0.25, 0.3) is 5.91 Å². The van der Waals surface area contributed by atoms with Crippen LogP contribution >= 0.6 is 0 Å². The van der Waals surface area contributed by atoms with Crippen molar-refractivity contribution in [1.82, 2.24) is 10.2 Å². The lowest BCUT2D eigenvalue weighted by Gasteiger charge is -2.31. The summed E-state index contributed by atoms with van der Waals surface area (Å²) in [5, 5.41) is 2.95. The summed E-state index contributed by atoms with van der Waals surface area (Å²) in [7, 11) is 0. The van der Waals surface area contributed by atoms with Gasteiger partial charge in [0.1, 0.15) is 11.8 Å². The summed E-state index contributed by atoms with van der Waals surface area (Å²) in [6.07, 6.45) is 1.38. The topological polar surface area (TPSA) is 58.6 Å².